The second-order valence-corrected chi connectivity index (χ2v) is 3.73. The van der Waals surface area contributed by atoms with Gasteiger partial charge >= 0.3 is 0 Å². The zero-order chi connectivity index (χ0) is 12.7. The summed E-state index contributed by atoms with van der Waals surface area (Å²) >= 11 is 0. The first-order valence-corrected chi connectivity index (χ1v) is 6.29. The minimum Gasteiger partial charge on any atom is -0.384 e. The number of aromatic nitrogens is 1. The monoisotopic (exact) mass is 238 g/mol. The molecule has 1 fully saturated rings. The standard InChI is InChI=1S/C11H16N2O2.C2H6/c1-12-10-3-2-6-13(11(10)14)9-4-7-15-8-5-9;1-2/h2-3,6,9,12H,4-5,7-8H2,1H3;1-2H3. The SMILES string of the molecule is CC.CNc1cccn(C2CCOCC2)c1=O. The highest BCUT2D eigenvalue weighted by molar-refractivity contribution is 5.39. The van der Waals surface area contributed by atoms with E-state index in [0.29, 0.717) is 11.7 Å². The number of pyridine rings is 1. The molecule has 0 aliphatic carbocycles. The van der Waals surface area contributed by atoms with Gasteiger partial charge in [-0.05, 0) is 25.0 Å². The summed E-state index contributed by atoms with van der Waals surface area (Å²) in [5.74, 6) is 0. The van der Waals surface area contributed by atoms with Crippen LogP contribution in [0.5, 0.6) is 0 Å². The van der Waals surface area contributed by atoms with Crippen molar-refractivity contribution in [2.75, 3.05) is 25.6 Å². The van der Waals surface area contributed by atoms with Gasteiger partial charge in [0.2, 0.25) is 0 Å². The molecule has 17 heavy (non-hydrogen) atoms. The number of nitrogens with zero attached hydrogens (tertiary/aromatic N) is 1. The second kappa shape index (κ2) is 7.12. The van der Waals surface area contributed by atoms with Crippen LogP contribution >= 0.6 is 0 Å². The molecule has 1 N–H and O–H groups in total. The van der Waals surface area contributed by atoms with E-state index in [9.17, 15) is 4.79 Å². The van der Waals surface area contributed by atoms with Gasteiger partial charge in [-0.2, -0.15) is 0 Å². The molecule has 1 aliphatic heterocycles. The smallest absolute Gasteiger partial charge is 0.274 e. The van der Waals surface area contributed by atoms with Crippen molar-refractivity contribution in [3.8, 4) is 0 Å². The molecule has 4 nitrogen and oxygen atoms in total. The van der Waals surface area contributed by atoms with E-state index in [1.54, 1.807) is 13.1 Å². The Morgan fingerprint density at radius 3 is 2.59 bits per heavy atom. The summed E-state index contributed by atoms with van der Waals surface area (Å²) in [6.45, 7) is 5.50. The molecule has 0 atom stereocenters. The van der Waals surface area contributed by atoms with E-state index >= 15 is 0 Å². The topological polar surface area (TPSA) is 43.3 Å². The fourth-order valence-electron chi connectivity index (χ4n) is 1.95. The Hall–Kier alpha value is -1.29. The van der Waals surface area contributed by atoms with E-state index in [4.69, 9.17) is 4.74 Å². The predicted molar refractivity (Wildman–Crippen MR) is 70.7 cm³/mol. The van der Waals surface area contributed by atoms with Crippen molar-refractivity contribution in [3.05, 3.63) is 28.7 Å². The van der Waals surface area contributed by atoms with E-state index in [1.807, 2.05) is 30.7 Å². The van der Waals surface area contributed by atoms with Gasteiger partial charge in [0.1, 0.15) is 5.69 Å². The van der Waals surface area contributed by atoms with Gasteiger partial charge < -0.3 is 14.6 Å². The lowest BCUT2D eigenvalue weighted by molar-refractivity contribution is 0.0687. The Morgan fingerprint density at radius 2 is 2.00 bits per heavy atom. The lowest BCUT2D eigenvalue weighted by atomic mass is 10.1. The highest BCUT2D eigenvalue weighted by atomic mass is 16.5. The van der Waals surface area contributed by atoms with Crippen LogP contribution in [0.2, 0.25) is 0 Å². The summed E-state index contributed by atoms with van der Waals surface area (Å²) in [6, 6.07) is 4.00. The van der Waals surface area contributed by atoms with Crippen molar-refractivity contribution in [2.45, 2.75) is 32.7 Å². The molecule has 0 spiro atoms. The Kier molecular flexibility index (Phi) is 5.77. The van der Waals surface area contributed by atoms with Crippen LogP contribution in [0.15, 0.2) is 23.1 Å². The van der Waals surface area contributed by atoms with Crippen molar-refractivity contribution in [3.63, 3.8) is 0 Å². The van der Waals surface area contributed by atoms with Crippen molar-refractivity contribution in [1.29, 1.82) is 0 Å². The Labute approximate surface area is 103 Å². The maximum absolute atomic E-state index is 12.0. The number of hydrogen-bond donors (Lipinski definition) is 1. The molecule has 4 heteroatoms. The minimum absolute atomic E-state index is 0.0619. The third kappa shape index (κ3) is 3.33. The third-order valence-corrected chi connectivity index (χ3v) is 2.83. The number of anilines is 1. The summed E-state index contributed by atoms with van der Waals surface area (Å²) in [5, 5.41) is 2.91. The third-order valence-electron chi connectivity index (χ3n) is 2.83. The number of rotatable bonds is 2. The van der Waals surface area contributed by atoms with E-state index in [1.165, 1.54) is 0 Å². The van der Waals surface area contributed by atoms with Crippen LogP contribution in [0.1, 0.15) is 32.7 Å². The van der Waals surface area contributed by atoms with Crippen LogP contribution in [-0.4, -0.2) is 24.8 Å². The van der Waals surface area contributed by atoms with E-state index in [0.717, 1.165) is 26.1 Å². The lowest BCUT2D eigenvalue weighted by Gasteiger charge is -2.24. The molecule has 96 valence electrons. The number of ether oxygens (including phenoxy) is 1. The van der Waals surface area contributed by atoms with Gasteiger partial charge in [0.05, 0.1) is 0 Å². The quantitative estimate of drug-likeness (QED) is 0.859. The van der Waals surface area contributed by atoms with E-state index < -0.39 is 0 Å². The molecule has 0 unspecified atom stereocenters. The molecule has 1 aliphatic rings. The predicted octanol–water partition coefficient (Wildman–Crippen LogP) is 2.27. The zero-order valence-corrected chi connectivity index (χ0v) is 10.9. The van der Waals surface area contributed by atoms with Crippen molar-refractivity contribution < 1.29 is 4.74 Å². The number of nitrogens with one attached hydrogen (secondary N) is 1. The summed E-state index contributed by atoms with van der Waals surface area (Å²) in [7, 11) is 1.77. The molecule has 2 heterocycles. The summed E-state index contributed by atoms with van der Waals surface area (Å²) < 4.78 is 7.10. The van der Waals surface area contributed by atoms with E-state index in [2.05, 4.69) is 5.32 Å². The lowest BCUT2D eigenvalue weighted by Crippen LogP contribution is -2.29. The van der Waals surface area contributed by atoms with Gasteiger partial charge in [0, 0.05) is 32.5 Å². The number of hydrogen-bond acceptors (Lipinski definition) is 3. The van der Waals surface area contributed by atoms with Crippen molar-refractivity contribution >= 4 is 5.69 Å². The van der Waals surface area contributed by atoms with Gasteiger partial charge in [-0.3, -0.25) is 4.79 Å². The van der Waals surface area contributed by atoms with Gasteiger partial charge in [0.15, 0.2) is 0 Å². The van der Waals surface area contributed by atoms with Gasteiger partial charge in [0.25, 0.3) is 5.56 Å². The second-order valence-electron chi connectivity index (χ2n) is 3.73. The van der Waals surface area contributed by atoms with Crippen molar-refractivity contribution in [2.24, 2.45) is 0 Å². The minimum atomic E-state index is 0.0619. The van der Waals surface area contributed by atoms with Crippen LogP contribution in [0.3, 0.4) is 0 Å². The first-order valence-electron chi connectivity index (χ1n) is 6.29. The summed E-state index contributed by atoms with van der Waals surface area (Å²) in [5.41, 5.74) is 0.718. The molecule has 2 rings (SSSR count). The molecule has 1 aromatic rings. The van der Waals surface area contributed by atoms with Crippen LogP contribution in [0, 0.1) is 0 Å². The molecule has 0 radical (unpaired) electrons. The molecule has 0 amide bonds. The van der Waals surface area contributed by atoms with Gasteiger partial charge in [-0.1, -0.05) is 13.8 Å². The molecule has 0 saturated carbocycles. The van der Waals surface area contributed by atoms with Crippen LogP contribution in [-0.2, 0) is 4.74 Å². The average molecular weight is 238 g/mol. The fourth-order valence-corrected chi connectivity index (χ4v) is 1.95. The first kappa shape index (κ1) is 13.8. The van der Waals surface area contributed by atoms with Gasteiger partial charge in [-0.25, -0.2) is 0 Å². The maximum Gasteiger partial charge on any atom is 0.274 e. The van der Waals surface area contributed by atoms with E-state index in [-0.39, 0.29) is 5.56 Å². The molecule has 0 bridgehead atoms. The average Bonchev–Trinajstić information content (AvgIpc) is 2.42. The normalized spacial score (nSPS) is 15.9. The fraction of sp³-hybridized carbons (Fsp3) is 0.615. The molecule has 1 aromatic heterocycles. The van der Waals surface area contributed by atoms with Crippen LogP contribution in [0.4, 0.5) is 5.69 Å². The first-order chi connectivity index (χ1) is 8.33. The van der Waals surface area contributed by atoms with Gasteiger partial charge in [-0.15, -0.1) is 0 Å². The largest absolute Gasteiger partial charge is 0.384 e. The highest BCUT2D eigenvalue weighted by Gasteiger charge is 2.16. The van der Waals surface area contributed by atoms with Crippen molar-refractivity contribution in [1.82, 2.24) is 4.57 Å². The van der Waals surface area contributed by atoms with Crippen LogP contribution < -0.4 is 10.9 Å². The molecular formula is C13H22N2O2. The Morgan fingerprint density at radius 1 is 1.35 bits per heavy atom. The zero-order valence-electron chi connectivity index (χ0n) is 10.9. The summed E-state index contributed by atoms with van der Waals surface area (Å²) in [6.07, 6.45) is 3.71. The maximum atomic E-state index is 12.0. The molecule has 1 saturated heterocycles. The Bertz CT molecular complexity index is 381. The molecule has 0 aromatic carbocycles. The van der Waals surface area contributed by atoms with Crippen LogP contribution in [0.25, 0.3) is 0 Å². The molecular weight excluding hydrogens is 216 g/mol. The Balaban J connectivity index is 0.000000686. The summed E-state index contributed by atoms with van der Waals surface area (Å²) in [4.78, 5) is 12.0. The highest BCUT2D eigenvalue weighted by Crippen LogP contribution is 2.19.